The van der Waals surface area contributed by atoms with Crippen LogP contribution in [0.4, 0.5) is 5.69 Å². The minimum absolute atomic E-state index is 0.207. The topological polar surface area (TPSA) is 113 Å². The number of hydrogen-bond acceptors (Lipinski definition) is 4. The number of rotatable bonds is 11. The molecule has 252 valence electrons. The summed E-state index contributed by atoms with van der Waals surface area (Å²) in [6, 6.07) is 32.9. The standard InChI is InChI=1S/C40H39ClN2O5S/c1-25-5-16-34(27(3)21-25)30-11-13-31(14-12-30)37(23-29-7-9-32(10-8-29)39(44)42-19-20-49(46,47)48)40(45)43-33-15-18-36(38(41)24-33)35-17-6-26(2)22-28(35)4/h5-18,21-22,24,37H,19-20,23H2,1-4H3,(H,42,44)(H,43,45)(H,46,47,48). The summed E-state index contributed by atoms with van der Waals surface area (Å²) in [5.41, 5.74) is 11.3. The highest BCUT2D eigenvalue weighted by molar-refractivity contribution is 7.85. The monoisotopic (exact) mass is 694 g/mol. The van der Waals surface area contributed by atoms with Gasteiger partial charge < -0.3 is 10.6 Å². The van der Waals surface area contributed by atoms with Gasteiger partial charge in [0.2, 0.25) is 5.91 Å². The molecule has 1 unspecified atom stereocenters. The Kier molecular flexibility index (Phi) is 11.0. The third-order valence-corrected chi connectivity index (χ3v) is 9.57. The molecule has 0 aliphatic heterocycles. The highest BCUT2D eigenvalue weighted by atomic mass is 35.5. The van der Waals surface area contributed by atoms with E-state index in [0.29, 0.717) is 22.7 Å². The molecule has 7 nitrogen and oxygen atoms in total. The number of amides is 2. The average Bonchev–Trinajstić information content (AvgIpc) is 3.04. The summed E-state index contributed by atoms with van der Waals surface area (Å²) in [5, 5.41) is 6.09. The van der Waals surface area contributed by atoms with Crippen molar-refractivity contribution in [3.05, 3.63) is 147 Å². The minimum atomic E-state index is -4.18. The molecule has 0 aromatic heterocycles. The van der Waals surface area contributed by atoms with Crippen molar-refractivity contribution in [2.24, 2.45) is 0 Å². The van der Waals surface area contributed by atoms with Crippen molar-refractivity contribution in [2.45, 2.75) is 40.0 Å². The number of halogens is 1. The molecule has 0 heterocycles. The Labute approximate surface area is 293 Å². The van der Waals surface area contributed by atoms with E-state index >= 15 is 0 Å². The molecule has 5 aromatic carbocycles. The van der Waals surface area contributed by atoms with Crippen LogP contribution in [0.5, 0.6) is 0 Å². The lowest BCUT2D eigenvalue weighted by Crippen LogP contribution is -2.28. The fourth-order valence-electron chi connectivity index (χ4n) is 5.97. The van der Waals surface area contributed by atoms with Crippen LogP contribution in [0.1, 0.15) is 49.7 Å². The Bertz CT molecular complexity index is 2110. The molecule has 9 heteroatoms. The maximum absolute atomic E-state index is 14.0. The van der Waals surface area contributed by atoms with Gasteiger partial charge in [0.1, 0.15) is 0 Å². The molecule has 2 amide bonds. The first-order valence-corrected chi connectivity index (χ1v) is 17.9. The number of hydrogen-bond donors (Lipinski definition) is 3. The first-order valence-electron chi connectivity index (χ1n) is 16.0. The lowest BCUT2D eigenvalue weighted by molar-refractivity contribution is -0.117. The number of carbonyl (C=O) groups excluding carboxylic acids is 2. The smallest absolute Gasteiger partial charge is 0.266 e. The number of aryl methyl sites for hydroxylation is 4. The SMILES string of the molecule is Cc1ccc(-c2ccc(C(Cc3ccc(C(=O)NCCS(=O)(=O)O)cc3)C(=O)Nc3ccc(-c4ccc(C)cc4C)c(Cl)c3)cc2)c(C)c1. The van der Waals surface area contributed by atoms with E-state index in [-0.39, 0.29) is 12.5 Å². The Morgan fingerprint density at radius 3 is 1.90 bits per heavy atom. The lowest BCUT2D eigenvalue weighted by atomic mass is 9.89. The summed E-state index contributed by atoms with van der Waals surface area (Å²) in [4.78, 5) is 26.5. The molecule has 5 rings (SSSR count). The van der Waals surface area contributed by atoms with E-state index in [2.05, 4.69) is 54.8 Å². The molecule has 5 aromatic rings. The van der Waals surface area contributed by atoms with Crippen LogP contribution in [0, 0.1) is 27.7 Å². The maximum Gasteiger partial charge on any atom is 0.266 e. The predicted octanol–water partition coefficient (Wildman–Crippen LogP) is 8.49. The van der Waals surface area contributed by atoms with Crippen molar-refractivity contribution >= 4 is 39.2 Å². The van der Waals surface area contributed by atoms with Crippen LogP contribution in [0.2, 0.25) is 5.02 Å². The van der Waals surface area contributed by atoms with E-state index in [1.807, 2.05) is 56.3 Å². The van der Waals surface area contributed by atoms with E-state index in [4.69, 9.17) is 16.2 Å². The van der Waals surface area contributed by atoms with Gasteiger partial charge >= 0.3 is 0 Å². The highest BCUT2D eigenvalue weighted by Crippen LogP contribution is 2.34. The van der Waals surface area contributed by atoms with Gasteiger partial charge in [-0.25, -0.2) is 0 Å². The third-order valence-electron chi connectivity index (χ3n) is 8.53. The van der Waals surface area contributed by atoms with Crippen LogP contribution in [-0.4, -0.2) is 37.1 Å². The molecule has 0 bridgehead atoms. The van der Waals surface area contributed by atoms with Crippen molar-refractivity contribution in [3.63, 3.8) is 0 Å². The van der Waals surface area contributed by atoms with Crippen molar-refractivity contribution in [3.8, 4) is 22.3 Å². The van der Waals surface area contributed by atoms with Crippen molar-refractivity contribution < 1.29 is 22.6 Å². The summed E-state index contributed by atoms with van der Waals surface area (Å²) in [7, 11) is -4.18. The number of nitrogens with one attached hydrogen (secondary N) is 2. The zero-order valence-electron chi connectivity index (χ0n) is 27.9. The van der Waals surface area contributed by atoms with Crippen LogP contribution in [0.3, 0.4) is 0 Å². The van der Waals surface area contributed by atoms with Gasteiger partial charge in [0, 0.05) is 23.4 Å². The zero-order chi connectivity index (χ0) is 35.3. The first-order chi connectivity index (χ1) is 23.3. The molecule has 49 heavy (non-hydrogen) atoms. The molecular weight excluding hydrogens is 656 g/mol. The normalized spacial score (nSPS) is 12.0. The zero-order valence-corrected chi connectivity index (χ0v) is 29.5. The molecule has 0 aliphatic carbocycles. The number of benzene rings is 5. The Hall–Kier alpha value is -4.76. The largest absolute Gasteiger partial charge is 0.351 e. The van der Waals surface area contributed by atoms with Gasteiger partial charge in [-0.2, -0.15) is 8.42 Å². The fraction of sp³-hybridized carbons (Fsp3) is 0.200. The van der Waals surface area contributed by atoms with Gasteiger partial charge in [-0.1, -0.05) is 102 Å². The van der Waals surface area contributed by atoms with Gasteiger partial charge in [0.15, 0.2) is 0 Å². The molecule has 0 radical (unpaired) electrons. The highest BCUT2D eigenvalue weighted by Gasteiger charge is 2.23. The first kappa shape index (κ1) is 35.5. The maximum atomic E-state index is 14.0. The second-order valence-electron chi connectivity index (χ2n) is 12.4. The molecule has 0 aliphatic rings. The van der Waals surface area contributed by atoms with E-state index in [1.54, 1.807) is 30.3 Å². The van der Waals surface area contributed by atoms with Crippen molar-refractivity contribution in [1.82, 2.24) is 5.32 Å². The summed E-state index contributed by atoms with van der Waals surface area (Å²) in [5.74, 6) is -1.82. The number of carbonyl (C=O) groups is 2. The summed E-state index contributed by atoms with van der Waals surface area (Å²) in [6.07, 6.45) is 0.355. The van der Waals surface area contributed by atoms with Gasteiger partial charge in [-0.3, -0.25) is 14.1 Å². The molecule has 3 N–H and O–H groups in total. The van der Waals surface area contributed by atoms with E-state index in [1.165, 1.54) is 16.7 Å². The third kappa shape index (κ3) is 9.23. The quantitative estimate of drug-likeness (QED) is 0.120. The molecule has 0 saturated heterocycles. The van der Waals surface area contributed by atoms with Crippen LogP contribution in [0.15, 0.2) is 103 Å². The lowest BCUT2D eigenvalue weighted by Gasteiger charge is -2.19. The van der Waals surface area contributed by atoms with Gasteiger partial charge in [-0.15, -0.1) is 0 Å². The Morgan fingerprint density at radius 2 is 1.33 bits per heavy atom. The Morgan fingerprint density at radius 1 is 0.735 bits per heavy atom. The summed E-state index contributed by atoms with van der Waals surface area (Å²) in [6.45, 7) is 8.03. The van der Waals surface area contributed by atoms with Gasteiger partial charge in [-0.05, 0) is 97.3 Å². The van der Waals surface area contributed by atoms with Crippen LogP contribution >= 0.6 is 11.6 Å². The number of anilines is 1. The summed E-state index contributed by atoms with van der Waals surface area (Å²) >= 11 is 6.75. The molecule has 0 fully saturated rings. The van der Waals surface area contributed by atoms with Crippen molar-refractivity contribution in [1.29, 1.82) is 0 Å². The van der Waals surface area contributed by atoms with E-state index in [0.717, 1.165) is 38.9 Å². The minimum Gasteiger partial charge on any atom is -0.351 e. The average molecular weight is 695 g/mol. The van der Waals surface area contributed by atoms with Crippen LogP contribution in [0.25, 0.3) is 22.3 Å². The molecule has 0 spiro atoms. The Balaban J connectivity index is 1.39. The van der Waals surface area contributed by atoms with Crippen molar-refractivity contribution in [2.75, 3.05) is 17.6 Å². The predicted molar refractivity (Wildman–Crippen MR) is 198 cm³/mol. The second-order valence-corrected chi connectivity index (χ2v) is 14.4. The molecule has 1 atom stereocenters. The van der Waals surface area contributed by atoms with E-state index in [9.17, 15) is 18.0 Å². The second kappa shape index (κ2) is 15.2. The molecule has 0 saturated carbocycles. The summed E-state index contributed by atoms with van der Waals surface area (Å²) < 4.78 is 30.9. The van der Waals surface area contributed by atoms with E-state index < -0.39 is 27.7 Å². The van der Waals surface area contributed by atoms with Gasteiger partial charge in [0.05, 0.1) is 16.7 Å². The van der Waals surface area contributed by atoms with Crippen LogP contribution in [-0.2, 0) is 21.3 Å². The fourth-order valence-corrected chi connectivity index (χ4v) is 6.62. The van der Waals surface area contributed by atoms with Gasteiger partial charge in [0.25, 0.3) is 16.0 Å². The van der Waals surface area contributed by atoms with Crippen LogP contribution < -0.4 is 10.6 Å². The molecular formula is C40H39ClN2O5S.